The monoisotopic (exact) mass is 470 g/mol. The zero-order valence-corrected chi connectivity index (χ0v) is 16.3. The van der Waals surface area contributed by atoms with E-state index in [0.717, 1.165) is 12.1 Å². The molecule has 152 valence electrons. The molecule has 0 atom stereocenters. The summed E-state index contributed by atoms with van der Waals surface area (Å²) in [7, 11) is 0. The van der Waals surface area contributed by atoms with Crippen molar-refractivity contribution >= 4 is 44.2 Å². The molecule has 0 aliphatic carbocycles. The molecule has 0 bridgehead atoms. The van der Waals surface area contributed by atoms with E-state index in [1.165, 1.54) is 12.1 Å². The number of rotatable bonds is 5. The molecule has 0 fully saturated rings. The minimum absolute atomic E-state index is 0.00572. The van der Waals surface area contributed by atoms with Crippen LogP contribution in [0.5, 0.6) is 0 Å². The van der Waals surface area contributed by atoms with Gasteiger partial charge < -0.3 is 20.6 Å². The first-order chi connectivity index (χ1) is 13.7. The van der Waals surface area contributed by atoms with Gasteiger partial charge in [0.2, 0.25) is 0 Å². The van der Waals surface area contributed by atoms with Crippen LogP contribution in [0.1, 0.15) is 12.0 Å². The van der Waals surface area contributed by atoms with Crippen LogP contribution in [0.2, 0.25) is 0 Å². The molecule has 1 aromatic heterocycles. The summed E-state index contributed by atoms with van der Waals surface area (Å²) in [6.45, 7) is -0.742. The van der Waals surface area contributed by atoms with Crippen LogP contribution in [0.15, 0.2) is 33.5 Å². The van der Waals surface area contributed by atoms with Crippen LogP contribution in [-0.2, 0) is 16.1 Å². The number of carbonyl (C=O) groups is 1. The Labute approximate surface area is 170 Å². The molecule has 0 aliphatic heterocycles. The number of hydrogen-bond donors (Lipinski definition) is 2. The van der Waals surface area contributed by atoms with Gasteiger partial charge in [-0.25, -0.2) is 13.2 Å². The molecular formula is C19H14BrF3N2O4. The molecule has 0 saturated heterocycles. The van der Waals surface area contributed by atoms with Crippen LogP contribution in [-0.4, -0.2) is 11.3 Å². The number of carbonyl (C=O) groups excluding carboxylic acids is 1. The summed E-state index contributed by atoms with van der Waals surface area (Å²) in [6.07, 6.45) is -0.00572. The Bertz CT molecular complexity index is 1180. The highest BCUT2D eigenvalue weighted by Gasteiger charge is 2.24. The van der Waals surface area contributed by atoms with Gasteiger partial charge in [-0.2, -0.15) is 0 Å². The van der Waals surface area contributed by atoms with E-state index in [0.29, 0.717) is 5.33 Å². The summed E-state index contributed by atoms with van der Waals surface area (Å²) in [4.78, 5) is 23.9. The number of esters is 1. The van der Waals surface area contributed by atoms with E-state index in [4.69, 9.17) is 20.6 Å². The van der Waals surface area contributed by atoms with Crippen LogP contribution in [0, 0.1) is 17.5 Å². The molecule has 4 N–H and O–H groups in total. The summed E-state index contributed by atoms with van der Waals surface area (Å²) in [5, 5.41) is -0.192. The molecule has 6 nitrogen and oxygen atoms in total. The zero-order valence-electron chi connectivity index (χ0n) is 14.7. The van der Waals surface area contributed by atoms with E-state index in [9.17, 15) is 22.8 Å². The fourth-order valence-corrected chi connectivity index (χ4v) is 2.98. The number of hydrogen-bond acceptors (Lipinski definition) is 6. The predicted octanol–water partition coefficient (Wildman–Crippen LogP) is 3.87. The van der Waals surface area contributed by atoms with Crippen LogP contribution in [0.25, 0.3) is 22.3 Å². The zero-order chi connectivity index (χ0) is 21.3. The highest BCUT2D eigenvalue weighted by atomic mass is 79.9. The van der Waals surface area contributed by atoms with Crippen LogP contribution < -0.4 is 16.9 Å². The predicted molar refractivity (Wildman–Crippen MR) is 105 cm³/mol. The van der Waals surface area contributed by atoms with Gasteiger partial charge in [-0.05, 0) is 18.2 Å². The summed E-state index contributed by atoms with van der Waals surface area (Å²) < 4.78 is 53.4. The lowest BCUT2D eigenvalue weighted by Crippen LogP contribution is -2.13. The first-order valence-corrected chi connectivity index (χ1v) is 9.36. The van der Waals surface area contributed by atoms with Crippen molar-refractivity contribution in [3.63, 3.8) is 0 Å². The minimum Gasteiger partial charge on any atom is -0.461 e. The second kappa shape index (κ2) is 8.16. The summed E-state index contributed by atoms with van der Waals surface area (Å²) >= 11 is 3.04. The number of benzene rings is 2. The minimum atomic E-state index is -1.24. The van der Waals surface area contributed by atoms with Gasteiger partial charge in [0.15, 0.2) is 22.6 Å². The maximum atomic E-state index is 14.9. The molecular weight excluding hydrogens is 457 g/mol. The molecule has 0 unspecified atom stereocenters. The number of halogens is 4. The first-order valence-electron chi connectivity index (χ1n) is 8.24. The molecule has 0 radical (unpaired) electrons. The molecule has 0 aliphatic rings. The second-order valence-electron chi connectivity index (χ2n) is 6.04. The molecule has 3 aromatic rings. The summed E-state index contributed by atoms with van der Waals surface area (Å²) in [6, 6.07) is 4.57. The van der Waals surface area contributed by atoms with E-state index in [-0.39, 0.29) is 23.4 Å². The van der Waals surface area contributed by atoms with Crippen LogP contribution >= 0.6 is 15.9 Å². The lowest BCUT2D eigenvalue weighted by molar-refractivity contribution is -0.144. The Morgan fingerprint density at radius 3 is 2.52 bits per heavy atom. The quantitative estimate of drug-likeness (QED) is 0.332. The molecule has 2 aromatic carbocycles. The van der Waals surface area contributed by atoms with Crippen LogP contribution in [0.4, 0.5) is 24.5 Å². The van der Waals surface area contributed by atoms with Crippen molar-refractivity contribution in [2.75, 3.05) is 16.8 Å². The molecule has 0 amide bonds. The Kier molecular flexibility index (Phi) is 5.83. The highest BCUT2D eigenvalue weighted by Crippen LogP contribution is 2.32. The van der Waals surface area contributed by atoms with Gasteiger partial charge >= 0.3 is 5.97 Å². The lowest BCUT2D eigenvalue weighted by atomic mass is 10.1. The van der Waals surface area contributed by atoms with Gasteiger partial charge in [0.1, 0.15) is 18.2 Å². The molecule has 0 saturated carbocycles. The third-order valence-electron chi connectivity index (χ3n) is 4.14. The average molecular weight is 471 g/mol. The van der Waals surface area contributed by atoms with Gasteiger partial charge in [-0.1, -0.05) is 15.9 Å². The van der Waals surface area contributed by atoms with Crippen molar-refractivity contribution in [2.45, 2.75) is 13.0 Å². The van der Waals surface area contributed by atoms with E-state index < -0.39 is 57.7 Å². The number of ether oxygens (including phenoxy) is 1. The topological polar surface area (TPSA) is 109 Å². The fourth-order valence-electron chi connectivity index (χ4n) is 2.66. The van der Waals surface area contributed by atoms with Crippen molar-refractivity contribution < 1.29 is 27.1 Å². The first kappa shape index (κ1) is 20.7. The van der Waals surface area contributed by atoms with E-state index in [2.05, 4.69) is 15.9 Å². The highest BCUT2D eigenvalue weighted by molar-refractivity contribution is 9.09. The van der Waals surface area contributed by atoms with Gasteiger partial charge in [0.25, 0.3) is 0 Å². The fraction of sp³-hybridized carbons (Fsp3) is 0.158. The van der Waals surface area contributed by atoms with Gasteiger partial charge in [0.05, 0.1) is 28.7 Å². The van der Waals surface area contributed by atoms with Gasteiger partial charge in [-0.3, -0.25) is 9.59 Å². The Balaban J connectivity index is 2.17. The third kappa shape index (κ3) is 3.93. The summed E-state index contributed by atoms with van der Waals surface area (Å²) in [5.74, 6) is -4.09. The molecule has 1 heterocycles. The van der Waals surface area contributed by atoms with Crippen molar-refractivity contribution in [3.05, 3.63) is 57.5 Å². The smallest absolute Gasteiger partial charge is 0.306 e. The maximum Gasteiger partial charge on any atom is 0.306 e. The molecule has 0 spiro atoms. The van der Waals surface area contributed by atoms with Crippen molar-refractivity contribution in [1.82, 2.24) is 0 Å². The number of nitrogens with two attached hydrogens (primary N) is 2. The molecule has 29 heavy (non-hydrogen) atoms. The average Bonchev–Trinajstić information content (AvgIpc) is 2.68. The Morgan fingerprint density at radius 1 is 1.14 bits per heavy atom. The molecule has 3 rings (SSSR count). The van der Waals surface area contributed by atoms with E-state index >= 15 is 0 Å². The van der Waals surface area contributed by atoms with Crippen molar-refractivity contribution in [3.8, 4) is 11.3 Å². The normalized spacial score (nSPS) is 11.0. The van der Waals surface area contributed by atoms with Crippen LogP contribution in [0.3, 0.4) is 0 Å². The SMILES string of the molecule is Nc1ccc(-c2cc(=O)c3c(N)c(F)c(COC(=O)CCBr)c(F)c3o2)cc1F. The number of alkyl halides is 1. The number of fused-ring (bicyclic) bond motifs is 1. The Hall–Kier alpha value is -3.01. The van der Waals surface area contributed by atoms with E-state index in [1.54, 1.807) is 0 Å². The molecule has 10 heteroatoms. The lowest BCUT2D eigenvalue weighted by Gasteiger charge is -2.12. The van der Waals surface area contributed by atoms with Gasteiger partial charge in [0, 0.05) is 17.0 Å². The third-order valence-corrected chi connectivity index (χ3v) is 4.54. The standard InChI is InChI=1S/C19H14BrF3N2O4/c20-4-3-14(27)28-7-9-16(22)18(25)15-12(26)6-13(29-19(15)17(9)23)8-1-2-11(24)10(21)5-8/h1-2,5-6H,3-4,7,24-25H2. The Morgan fingerprint density at radius 2 is 1.86 bits per heavy atom. The number of nitrogen functional groups attached to an aromatic ring is 2. The summed E-state index contributed by atoms with van der Waals surface area (Å²) in [5.41, 5.74) is 8.31. The largest absolute Gasteiger partial charge is 0.461 e. The van der Waals surface area contributed by atoms with E-state index in [1.807, 2.05) is 0 Å². The van der Waals surface area contributed by atoms with Gasteiger partial charge in [-0.15, -0.1) is 0 Å². The van der Waals surface area contributed by atoms with Crippen molar-refractivity contribution in [1.29, 1.82) is 0 Å². The van der Waals surface area contributed by atoms with Crippen molar-refractivity contribution in [2.24, 2.45) is 0 Å². The number of anilines is 2. The maximum absolute atomic E-state index is 14.9. The second-order valence-corrected chi connectivity index (χ2v) is 6.83.